The van der Waals surface area contributed by atoms with Crippen LogP contribution < -0.4 is 9.80 Å². The molecule has 3 aromatic rings. The molecule has 1 unspecified atom stereocenters. The van der Waals surface area contributed by atoms with Gasteiger partial charge in [0.2, 0.25) is 0 Å². The fourth-order valence-corrected chi connectivity index (χ4v) is 5.71. The molecule has 27 heavy (non-hydrogen) atoms. The van der Waals surface area contributed by atoms with Crippen molar-refractivity contribution in [2.45, 2.75) is 26.2 Å². The monoisotopic (exact) mass is 382 g/mol. The van der Waals surface area contributed by atoms with Gasteiger partial charge in [0.1, 0.15) is 22.8 Å². The van der Waals surface area contributed by atoms with Crippen LogP contribution in [-0.4, -0.2) is 36.1 Å². The summed E-state index contributed by atoms with van der Waals surface area (Å²) in [5.74, 6) is 1.68. The van der Waals surface area contributed by atoms with Crippen molar-refractivity contribution in [1.29, 1.82) is 0 Å². The van der Waals surface area contributed by atoms with E-state index in [9.17, 15) is 4.39 Å². The van der Waals surface area contributed by atoms with Crippen LogP contribution in [0.3, 0.4) is 0 Å². The van der Waals surface area contributed by atoms with Crippen molar-refractivity contribution < 1.29 is 4.39 Å². The number of thiophene rings is 1. The molecule has 1 fully saturated rings. The molecule has 0 N–H and O–H groups in total. The number of hydrogen-bond donors (Lipinski definition) is 0. The molecule has 1 atom stereocenters. The average molecular weight is 383 g/mol. The van der Waals surface area contributed by atoms with Crippen molar-refractivity contribution in [3.63, 3.8) is 0 Å². The van der Waals surface area contributed by atoms with Gasteiger partial charge in [-0.15, -0.1) is 11.3 Å². The first-order valence-electron chi connectivity index (χ1n) is 9.70. The van der Waals surface area contributed by atoms with Crippen LogP contribution in [-0.2, 0) is 12.8 Å². The Kier molecular flexibility index (Phi) is 4.23. The largest absolute Gasteiger partial charge is 0.366 e. The van der Waals surface area contributed by atoms with Crippen molar-refractivity contribution >= 4 is 33.1 Å². The molecule has 2 aliphatic rings. The second-order valence-corrected chi connectivity index (χ2v) is 8.74. The summed E-state index contributed by atoms with van der Waals surface area (Å²) in [7, 11) is 0. The van der Waals surface area contributed by atoms with Gasteiger partial charge in [-0.2, -0.15) is 0 Å². The smallest absolute Gasteiger partial charge is 0.146 e. The Balaban J connectivity index is 1.43. The minimum absolute atomic E-state index is 0.142. The van der Waals surface area contributed by atoms with Gasteiger partial charge >= 0.3 is 0 Å². The average Bonchev–Trinajstić information content (AvgIpc) is 3.06. The highest BCUT2D eigenvalue weighted by molar-refractivity contribution is 7.19. The van der Waals surface area contributed by atoms with Gasteiger partial charge in [-0.3, -0.25) is 0 Å². The lowest BCUT2D eigenvalue weighted by atomic mass is 9.89. The van der Waals surface area contributed by atoms with E-state index < -0.39 is 0 Å². The number of anilines is 2. The van der Waals surface area contributed by atoms with E-state index in [4.69, 9.17) is 0 Å². The lowest BCUT2D eigenvalue weighted by molar-refractivity contribution is 0.509. The van der Waals surface area contributed by atoms with Crippen molar-refractivity contribution in [1.82, 2.24) is 9.97 Å². The number of halogens is 1. The van der Waals surface area contributed by atoms with Crippen molar-refractivity contribution in [3.8, 4) is 0 Å². The lowest BCUT2D eigenvalue weighted by Gasteiger charge is -2.37. The molecule has 0 bridgehead atoms. The Hall–Kier alpha value is -2.21. The van der Waals surface area contributed by atoms with E-state index in [1.165, 1.54) is 28.3 Å². The molecule has 1 saturated heterocycles. The van der Waals surface area contributed by atoms with Crippen LogP contribution in [0.25, 0.3) is 10.2 Å². The fourth-order valence-electron chi connectivity index (χ4n) is 4.37. The first kappa shape index (κ1) is 16.9. The molecule has 3 heterocycles. The van der Waals surface area contributed by atoms with Gasteiger partial charge in [0.15, 0.2) is 0 Å². The molecule has 1 aliphatic heterocycles. The van der Waals surface area contributed by atoms with Gasteiger partial charge in [-0.05, 0) is 42.9 Å². The van der Waals surface area contributed by atoms with E-state index in [1.54, 1.807) is 12.4 Å². The summed E-state index contributed by atoms with van der Waals surface area (Å²) in [5, 5.41) is 1.27. The highest BCUT2D eigenvalue weighted by Gasteiger charge is 2.27. The Bertz CT molecular complexity index is 977. The molecule has 0 spiro atoms. The van der Waals surface area contributed by atoms with Crippen LogP contribution in [0, 0.1) is 11.7 Å². The molecule has 2 aromatic heterocycles. The van der Waals surface area contributed by atoms with Gasteiger partial charge in [-0.1, -0.05) is 19.1 Å². The third kappa shape index (κ3) is 2.96. The Labute approximate surface area is 162 Å². The third-order valence-electron chi connectivity index (χ3n) is 5.84. The minimum Gasteiger partial charge on any atom is -0.366 e. The van der Waals surface area contributed by atoms with Gasteiger partial charge in [0.05, 0.1) is 11.1 Å². The van der Waals surface area contributed by atoms with Crippen LogP contribution in [0.15, 0.2) is 30.6 Å². The zero-order valence-electron chi connectivity index (χ0n) is 15.5. The van der Waals surface area contributed by atoms with E-state index in [1.807, 2.05) is 23.5 Å². The Morgan fingerprint density at radius 1 is 1.07 bits per heavy atom. The van der Waals surface area contributed by atoms with Gasteiger partial charge in [0.25, 0.3) is 0 Å². The molecule has 0 amide bonds. The predicted molar refractivity (Wildman–Crippen MR) is 109 cm³/mol. The maximum absolute atomic E-state index is 14.1. The number of aromatic nitrogens is 2. The van der Waals surface area contributed by atoms with Gasteiger partial charge in [0, 0.05) is 31.1 Å². The summed E-state index contributed by atoms with van der Waals surface area (Å²) in [6.07, 6.45) is 5.24. The highest BCUT2D eigenvalue weighted by Crippen LogP contribution is 2.40. The number of benzene rings is 1. The third-order valence-corrected chi connectivity index (χ3v) is 7.01. The zero-order valence-corrected chi connectivity index (χ0v) is 16.3. The molecule has 1 aliphatic carbocycles. The number of piperazine rings is 1. The summed E-state index contributed by atoms with van der Waals surface area (Å²) < 4.78 is 14.1. The van der Waals surface area contributed by atoms with E-state index >= 15 is 0 Å². The normalized spacial score (nSPS) is 20.1. The number of hydrogen-bond acceptors (Lipinski definition) is 5. The SMILES string of the molecule is CC1CCc2c(sc3ncnc(N4CCN(c5ccccc5F)CC4)c23)C1. The number of fused-ring (bicyclic) bond motifs is 3. The molecular weight excluding hydrogens is 359 g/mol. The summed E-state index contributed by atoms with van der Waals surface area (Å²) in [6, 6.07) is 7.04. The highest BCUT2D eigenvalue weighted by atomic mass is 32.1. The van der Waals surface area contributed by atoms with Gasteiger partial charge in [-0.25, -0.2) is 14.4 Å². The van der Waals surface area contributed by atoms with Crippen LogP contribution in [0.4, 0.5) is 15.9 Å². The molecule has 0 saturated carbocycles. The maximum atomic E-state index is 14.1. The van der Waals surface area contributed by atoms with Crippen LogP contribution in [0.1, 0.15) is 23.8 Å². The number of para-hydroxylation sites is 1. The summed E-state index contributed by atoms with van der Waals surface area (Å²) >= 11 is 1.84. The Morgan fingerprint density at radius 3 is 2.67 bits per heavy atom. The Morgan fingerprint density at radius 2 is 1.85 bits per heavy atom. The molecule has 140 valence electrons. The van der Waals surface area contributed by atoms with Crippen LogP contribution in [0.2, 0.25) is 0 Å². The second kappa shape index (κ2) is 6.75. The minimum atomic E-state index is -0.142. The quantitative estimate of drug-likeness (QED) is 0.662. The van der Waals surface area contributed by atoms with Crippen molar-refractivity contribution in [2.24, 2.45) is 5.92 Å². The standard InChI is InChI=1S/C21H23FN4S/c1-14-6-7-15-18(12-14)27-21-19(15)20(23-13-24-21)26-10-8-25(9-11-26)17-5-3-2-4-16(17)22/h2-5,13-14H,6-12H2,1H3. The lowest BCUT2D eigenvalue weighted by Crippen LogP contribution is -2.47. The number of rotatable bonds is 2. The van der Waals surface area contributed by atoms with Crippen LogP contribution >= 0.6 is 11.3 Å². The molecule has 1 aromatic carbocycles. The van der Waals surface area contributed by atoms with Crippen molar-refractivity contribution in [3.05, 3.63) is 46.9 Å². The van der Waals surface area contributed by atoms with Gasteiger partial charge < -0.3 is 9.80 Å². The fraction of sp³-hybridized carbons (Fsp3) is 0.429. The molecule has 0 radical (unpaired) electrons. The summed E-state index contributed by atoms with van der Waals surface area (Å²) in [5.41, 5.74) is 2.17. The molecule has 4 nitrogen and oxygen atoms in total. The molecule has 6 heteroatoms. The van der Waals surface area contributed by atoms with Crippen LogP contribution in [0.5, 0.6) is 0 Å². The first-order chi connectivity index (χ1) is 13.2. The molecule has 5 rings (SSSR count). The number of aryl methyl sites for hydroxylation is 1. The van der Waals surface area contributed by atoms with E-state index in [2.05, 4.69) is 26.7 Å². The number of nitrogens with zero attached hydrogens (tertiary/aromatic N) is 4. The summed E-state index contributed by atoms with van der Waals surface area (Å²) in [4.78, 5) is 16.3. The van der Waals surface area contributed by atoms with E-state index in [0.29, 0.717) is 5.69 Å². The van der Waals surface area contributed by atoms with Crippen molar-refractivity contribution in [2.75, 3.05) is 36.0 Å². The van der Waals surface area contributed by atoms with E-state index in [-0.39, 0.29) is 5.82 Å². The first-order valence-corrected chi connectivity index (χ1v) is 10.5. The molecular formula is C21H23FN4S. The second-order valence-electron chi connectivity index (χ2n) is 7.65. The topological polar surface area (TPSA) is 32.3 Å². The maximum Gasteiger partial charge on any atom is 0.146 e. The predicted octanol–water partition coefficient (Wildman–Crippen LogP) is 4.28. The van der Waals surface area contributed by atoms with E-state index in [0.717, 1.165) is 55.6 Å². The zero-order chi connectivity index (χ0) is 18.4. The summed E-state index contributed by atoms with van der Waals surface area (Å²) in [6.45, 7) is 5.64.